The first-order valence-corrected chi connectivity index (χ1v) is 14.8. The van der Waals surface area contributed by atoms with Crippen molar-refractivity contribution >= 4 is 22.6 Å². The molecule has 7 heteroatoms. The highest BCUT2D eigenvalue weighted by Crippen LogP contribution is 2.36. The summed E-state index contributed by atoms with van der Waals surface area (Å²) in [6, 6.07) is 7.60. The van der Waals surface area contributed by atoms with Crippen molar-refractivity contribution in [2.24, 2.45) is 5.92 Å². The quantitative estimate of drug-likeness (QED) is 0.605. The lowest BCUT2D eigenvalue weighted by atomic mass is 9.79. The number of hydrogen-bond acceptors (Lipinski definition) is 4. The zero-order valence-corrected chi connectivity index (χ0v) is 21.7. The Balaban J connectivity index is 1.42. The summed E-state index contributed by atoms with van der Waals surface area (Å²) in [5, 5.41) is 3.18. The molecule has 188 valence electrons. The van der Waals surface area contributed by atoms with Crippen LogP contribution >= 0.6 is 0 Å². The normalized spacial score (nSPS) is 24.9. The van der Waals surface area contributed by atoms with Gasteiger partial charge in [0, 0.05) is 48.1 Å². The molecule has 2 aliphatic heterocycles. The van der Waals surface area contributed by atoms with Crippen molar-refractivity contribution in [1.82, 2.24) is 15.1 Å². The van der Waals surface area contributed by atoms with Crippen molar-refractivity contribution in [1.29, 1.82) is 0 Å². The van der Waals surface area contributed by atoms with E-state index < -0.39 is 16.3 Å². The van der Waals surface area contributed by atoms with Gasteiger partial charge in [0.25, 0.3) is 0 Å². The molecule has 0 bridgehead atoms. The van der Waals surface area contributed by atoms with E-state index in [1.54, 1.807) is 6.26 Å². The van der Waals surface area contributed by atoms with E-state index in [4.69, 9.17) is 0 Å². The van der Waals surface area contributed by atoms with Crippen LogP contribution in [0.3, 0.4) is 0 Å². The van der Waals surface area contributed by atoms with Crippen molar-refractivity contribution in [3.05, 3.63) is 29.8 Å². The first-order valence-electron chi connectivity index (χ1n) is 13.2. The van der Waals surface area contributed by atoms with Crippen LogP contribution in [0.2, 0.25) is 0 Å². The molecule has 3 fully saturated rings. The minimum absolute atomic E-state index is 0.0680. The lowest BCUT2D eigenvalue weighted by Gasteiger charge is -2.52. The molecule has 1 aromatic carbocycles. The summed E-state index contributed by atoms with van der Waals surface area (Å²) in [4.78, 5) is 32.4. The fraction of sp³-hybridized carbons (Fsp3) is 0.704. The predicted molar refractivity (Wildman–Crippen MR) is 136 cm³/mol. The maximum absolute atomic E-state index is 13.7. The second-order valence-corrected chi connectivity index (χ2v) is 11.9. The number of hydrogen-bond donors (Lipinski definition) is 1. The molecular weight excluding hydrogens is 446 g/mol. The molecule has 0 radical (unpaired) electrons. The second-order valence-electron chi connectivity index (χ2n) is 10.5. The van der Waals surface area contributed by atoms with E-state index in [-0.39, 0.29) is 17.9 Å². The monoisotopic (exact) mass is 487 g/mol. The molecule has 0 aromatic heterocycles. The Morgan fingerprint density at radius 2 is 1.74 bits per heavy atom. The number of unbranched alkanes of at least 4 members (excludes halogenated alkanes) is 1. The lowest BCUT2D eigenvalue weighted by molar-refractivity contribution is -0.162. The van der Waals surface area contributed by atoms with Crippen LogP contribution in [0.5, 0.6) is 0 Å². The molecule has 2 amide bonds. The summed E-state index contributed by atoms with van der Waals surface area (Å²) in [5.41, 5.74) is 0.485. The van der Waals surface area contributed by atoms with Crippen LogP contribution in [-0.4, -0.2) is 63.3 Å². The number of piperazine rings is 1. The molecule has 1 unspecified atom stereocenters. The summed E-state index contributed by atoms with van der Waals surface area (Å²) in [6.07, 6.45) is 12.0. The first-order chi connectivity index (χ1) is 16.4. The molecule has 1 aromatic rings. The largest absolute Gasteiger partial charge is 0.342 e. The zero-order valence-electron chi connectivity index (χ0n) is 20.9. The number of carbonyl (C=O) groups is 2. The van der Waals surface area contributed by atoms with E-state index in [9.17, 15) is 13.8 Å². The van der Waals surface area contributed by atoms with Crippen molar-refractivity contribution in [2.45, 2.75) is 94.2 Å². The number of benzene rings is 1. The van der Waals surface area contributed by atoms with E-state index in [2.05, 4.69) is 17.1 Å². The summed E-state index contributed by atoms with van der Waals surface area (Å²) >= 11 is 0. The molecule has 4 rings (SSSR count). The fourth-order valence-electron chi connectivity index (χ4n) is 6.06. The van der Waals surface area contributed by atoms with E-state index >= 15 is 0 Å². The molecular formula is C27H41N3O3S. The van der Waals surface area contributed by atoms with Gasteiger partial charge in [0.05, 0.1) is 0 Å². The van der Waals surface area contributed by atoms with Crippen LogP contribution in [-0.2, 0) is 26.9 Å². The van der Waals surface area contributed by atoms with Crippen LogP contribution in [0.15, 0.2) is 29.2 Å². The third-order valence-corrected chi connectivity index (χ3v) is 9.12. The third kappa shape index (κ3) is 5.56. The number of carbonyl (C=O) groups excluding carboxylic acids is 2. The Kier molecular flexibility index (Phi) is 8.46. The number of rotatable bonds is 8. The first kappa shape index (κ1) is 25.4. The topological polar surface area (TPSA) is 69.7 Å². The van der Waals surface area contributed by atoms with Crippen molar-refractivity contribution in [3.8, 4) is 0 Å². The number of likely N-dealkylation sites (tertiary alicyclic amines) is 1. The molecule has 3 aliphatic rings. The highest BCUT2D eigenvalue weighted by Gasteiger charge is 2.53. The Labute approximate surface area is 207 Å². The average Bonchev–Trinajstić information content (AvgIpc) is 2.85. The lowest BCUT2D eigenvalue weighted by Crippen LogP contribution is -2.73. The van der Waals surface area contributed by atoms with Crippen molar-refractivity contribution in [3.63, 3.8) is 0 Å². The molecule has 6 nitrogen and oxygen atoms in total. The number of piperidine rings is 1. The zero-order chi connectivity index (χ0) is 24.1. The summed E-state index contributed by atoms with van der Waals surface area (Å²) < 4.78 is 11.6. The summed E-state index contributed by atoms with van der Waals surface area (Å²) in [5.74, 6) is 0.775. The minimum atomic E-state index is -0.967. The highest BCUT2D eigenvalue weighted by molar-refractivity contribution is 7.84. The SMILES string of the molecule is CCCCN1C(=O)[C@H](CC2CCCCC2)NC(=O)C12CCN(Cc1ccc(S(C)=O)cc1)CC2. The molecule has 1 spiro atoms. The Bertz CT molecular complexity index is 874. The van der Waals surface area contributed by atoms with Gasteiger partial charge >= 0.3 is 0 Å². The smallest absolute Gasteiger partial charge is 0.246 e. The third-order valence-electron chi connectivity index (χ3n) is 8.18. The van der Waals surface area contributed by atoms with Crippen molar-refractivity contribution < 1.29 is 13.8 Å². The van der Waals surface area contributed by atoms with Crippen molar-refractivity contribution in [2.75, 3.05) is 25.9 Å². The summed E-state index contributed by atoms with van der Waals surface area (Å²) in [6.45, 7) is 5.21. The van der Waals surface area contributed by atoms with Gasteiger partial charge in [-0.05, 0) is 49.3 Å². The van der Waals surface area contributed by atoms with Crippen LogP contribution in [0.4, 0.5) is 0 Å². The number of amides is 2. The molecule has 2 saturated heterocycles. The van der Waals surface area contributed by atoms with Gasteiger partial charge in [0.15, 0.2) is 0 Å². The van der Waals surface area contributed by atoms with Gasteiger partial charge in [0.1, 0.15) is 11.6 Å². The van der Waals surface area contributed by atoms with Gasteiger partial charge in [-0.3, -0.25) is 18.7 Å². The predicted octanol–water partition coefficient (Wildman–Crippen LogP) is 3.86. The van der Waals surface area contributed by atoms with Crippen LogP contribution in [0.1, 0.15) is 76.7 Å². The Hall–Kier alpha value is -1.73. The maximum atomic E-state index is 13.7. The van der Waals surface area contributed by atoms with Gasteiger partial charge in [-0.25, -0.2) is 0 Å². The minimum Gasteiger partial charge on any atom is -0.342 e. The maximum Gasteiger partial charge on any atom is 0.246 e. The molecule has 1 aliphatic carbocycles. The highest BCUT2D eigenvalue weighted by atomic mass is 32.2. The Morgan fingerprint density at radius 3 is 2.35 bits per heavy atom. The standard InChI is InChI=1S/C27H41N3O3S/c1-3-4-16-30-25(31)24(19-21-8-6-5-7-9-21)28-26(32)27(30)14-17-29(18-15-27)20-22-10-12-23(13-11-22)34(2)33/h10-13,21,24H,3-9,14-20H2,1-2H3,(H,28,32)/t24-,34?/m0/s1. The van der Waals surface area contributed by atoms with Crippen LogP contribution in [0, 0.1) is 5.92 Å². The average molecular weight is 488 g/mol. The van der Waals surface area contributed by atoms with Gasteiger partial charge in [-0.2, -0.15) is 0 Å². The molecule has 1 N–H and O–H groups in total. The molecule has 34 heavy (non-hydrogen) atoms. The number of nitrogens with zero attached hydrogens (tertiary/aromatic N) is 2. The van der Waals surface area contributed by atoms with Gasteiger partial charge in [-0.1, -0.05) is 57.6 Å². The van der Waals surface area contributed by atoms with E-state index in [0.717, 1.165) is 43.8 Å². The van der Waals surface area contributed by atoms with Crippen LogP contribution in [0.25, 0.3) is 0 Å². The van der Waals surface area contributed by atoms with E-state index in [1.807, 2.05) is 29.2 Å². The molecule has 2 heterocycles. The summed E-state index contributed by atoms with van der Waals surface area (Å²) in [7, 11) is -0.967. The van der Waals surface area contributed by atoms with E-state index in [1.165, 1.54) is 37.7 Å². The Morgan fingerprint density at radius 1 is 1.06 bits per heavy atom. The second kappa shape index (κ2) is 11.3. The van der Waals surface area contributed by atoms with Gasteiger partial charge in [0.2, 0.25) is 11.8 Å². The van der Waals surface area contributed by atoms with Gasteiger partial charge < -0.3 is 10.2 Å². The number of nitrogens with one attached hydrogen (secondary N) is 1. The fourth-order valence-corrected chi connectivity index (χ4v) is 6.57. The molecule has 1 saturated carbocycles. The molecule has 2 atom stereocenters. The van der Waals surface area contributed by atoms with E-state index in [0.29, 0.717) is 25.3 Å². The van der Waals surface area contributed by atoms with Gasteiger partial charge in [-0.15, -0.1) is 0 Å². The van der Waals surface area contributed by atoms with Crippen LogP contribution < -0.4 is 5.32 Å².